The van der Waals surface area contributed by atoms with Crippen LogP contribution in [0.4, 0.5) is 5.69 Å². The van der Waals surface area contributed by atoms with Crippen molar-refractivity contribution in [2.45, 2.75) is 40.2 Å². The second-order valence-corrected chi connectivity index (χ2v) is 7.66. The van der Waals surface area contributed by atoms with Gasteiger partial charge in [0.1, 0.15) is 5.65 Å². The fourth-order valence-electron chi connectivity index (χ4n) is 4.01. The van der Waals surface area contributed by atoms with E-state index in [1.54, 1.807) is 15.3 Å². The number of fused-ring (bicyclic) bond motifs is 1. The van der Waals surface area contributed by atoms with Crippen LogP contribution in [0.2, 0.25) is 0 Å². The maximum Gasteiger partial charge on any atom is 0.252 e. The van der Waals surface area contributed by atoms with Crippen LogP contribution in [0.1, 0.15) is 30.2 Å². The first kappa shape index (κ1) is 20.6. The first-order chi connectivity index (χ1) is 15.0. The Bertz CT molecular complexity index is 1300. The zero-order valence-electron chi connectivity index (χ0n) is 18.1. The number of carbonyl (C=O) groups excluding carboxylic acids is 1. The van der Waals surface area contributed by atoms with Gasteiger partial charge >= 0.3 is 0 Å². The van der Waals surface area contributed by atoms with Gasteiger partial charge in [-0.3, -0.25) is 14.2 Å². The molecule has 0 bridgehead atoms. The highest BCUT2D eigenvalue weighted by Gasteiger charge is 2.17. The van der Waals surface area contributed by atoms with E-state index in [4.69, 9.17) is 5.10 Å². The number of anilines is 1. The maximum absolute atomic E-state index is 12.9. The van der Waals surface area contributed by atoms with Crippen LogP contribution in [0.25, 0.3) is 16.7 Å². The van der Waals surface area contributed by atoms with Gasteiger partial charge in [-0.15, -0.1) is 0 Å². The smallest absolute Gasteiger partial charge is 0.252 e. The summed E-state index contributed by atoms with van der Waals surface area (Å²) in [5.74, 6) is -0.121. The largest absolute Gasteiger partial charge is 0.326 e. The van der Waals surface area contributed by atoms with Crippen LogP contribution in [-0.4, -0.2) is 20.3 Å². The molecule has 0 saturated heterocycles. The number of nitrogens with one attached hydrogen (secondary N) is 1. The Morgan fingerprint density at radius 2 is 1.74 bits per heavy atom. The Labute approximate surface area is 181 Å². The Balaban J connectivity index is 1.69. The molecule has 0 saturated carbocycles. The molecule has 0 unspecified atom stereocenters. The summed E-state index contributed by atoms with van der Waals surface area (Å²) in [5.41, 5.74) is 5.11. The molecule has 2 aromatic carbocycles. The van der Waals surface area contributed by atoms with E-state index in [2.05, 4.69) is 12.2 Å². The molecule has 0 aliphatic heterocycles. The molecule has 31 heavy (non-hydrogen) atoms. The molecule has 1 N–H and O–H groups in total. The molecule has 0 fully saturated rings. The van der Waals surface area contributed by atoms with E-state index in [0.29, 0.717) is 0 Å². The predicted molar refractivity (Wildman–Crippen MR) is 124 cm³/mol. The van der Waals surface area contributed by atoms with Crippen molar-refractivity contribution in [3.05, 3.63) is 87.8 Å². The van der Waals surface area contributed by atoms with E-state index in [0.717, 1.165) is 45.6 Å². The summed E-state index contributed by atoms with van der Waals surface area (Å²) in [4.78, 5) is 25.6. The molecule has 2 heterocycles. The highest BCUT2D eigenvalue weighted by Crippen LogP contribution is 2.24. The Hall–Kier alpha value is -3.67. The number of para-hydroxylation sites is 2. The van der Waals surface area contributed by atoms with E-state index >= 15 is 0 Å². The fourth-order valence-corrected chi connectivity index (χ4v) is 4.01. The Morgan fingerprint density at radius 3 is 2.48 bits per heavy atom. The molecule has 0 atom stereocenters. The van der Waals surface area contributed by atoms with Crippen LogP contribution in [0.5, 0.6) is 0 Å². The number of hydrogen-bond donors (Lipinski definition) is 1. The normalized spacial score (nSPS) is 11.1. The lowest BCUT2D eigenvalue weighted by atomic mass is 10.1. The third kappa shape index (κ3) is 4.01. The fraction of sp³-hybridized carbons (Fsp3) is 0.240. The highest BCUT2D eigenvalue weighted by atomic mass is 16.2. The summed E-state index contributed by atoms with van der Waals surface area (Å²) >= 11 is 0. The van der Waals surface area contributed by atoms with Crippen LogP contribution >= 0.6 is 0 Å². The first-order valence-electron chi connectivity index (χ1n) is 10.5. The quantitative estimate of drug-likeness (QED) is 0.509. The summed E-state index contributed by atoms with van der Waals surface area (Å²) in [6.07, 6.45) is 1.03. The van der Waals surface area contributed by atoms with Crippen molar-refractivity contribution in [3.8, 4) is 5.69 Å². The van der Waals surface area contributed by atoms with Gasteiger partial charge in [-0.25, -0.2) is 4.68 Å². The van der Waals surface area contributed by atoms with Crippen LogP contribution in [0.15, 0.2) is 65.5 Å². The van der Waals surface area contributed by atoms with Crippen molar-refractivity contribution in [1.82, 2.24) is 14.3 Å². The summed E-state index contributed by atoms with van der Waals surface area (Å²) < 4.78 is 3.45. The summed E-state index contributed by atoms with van der Waals surface area (Å²) in [7, 11) is 0. The van der Waals surface area contributed by atoms with Crippen molar-refractivity contribution in [1.29, 1.82) is 0 Å². The van der Waals surface area contributed by atoms with Gasteiger partial charge in [0.25, 0.3) is 5.56 Å². The molecule has 2 aromatic heterocycles. The number of rotatable bonds is 6. The zero-order valence-corrected chi connectivity index (χ0v) is 18.1. The van der Waals surface area contributed by atoms with Gasteiger partial charge in [0.05, 0.1) is 11.4 Å². The average Bonchev–Trinajstić information content (AvgIpc) is 3.12. The number of amides is 1. The van der Waals surface area contributed by atoms with E-state index in [-0.39, 0.29) is 24.4 Å². The maximum atomic E-state index is 12.9. The minimum absolute atomic E-state index is 0.121. The lowest BCUT2D eigenvalue weighted by Gasteiger charge is -2.13. The summed E-state index contributed by atoms with van der Waals surface area (Å²) in [6.45, 7) is 6.19. The van der Waals surface area contributed by atoms with Crippen LogP contribution in [-0.2, 0) is 17.8 Å². The number of aryl methyl sites for hydroxylation is 4. The predicted octanol–water partition coefficient (Wildman–Crippen LogP) is 4.40. The Morgan fingerprint density at radius 1 is 1.03 bits per heavy atom. The number of pyridine rings is 1. The molecule has 0 aliphatic carbocycles. The minimum atomic E-state index is -0.135. The third-order valence-corrected chi connectivity index (χ3v) is 5.53. The molecule has 158 valence electrons. The van der Waals surface area contributed by atoms with E-state index < -0.39 is 0 Å². The molecule has 1 amide bonds. The van der Waals surface area contributed by atoms with E-state index in [9.17, 15) is 9.59 Å². The number of aromatic nitrogens is 3. The van der Waals surface area contributed by atoms with Crippen molar-refractivity contribution in [3.63, 3.8) is 0 Å². The molecule has 4 aromatic rings. The van der Waals surface area contributed by atoms with Crippen molar-refractivity contribution >= 4 is 22.6 Å². The number of nitrogens with zero attached hydrogens (tertiary/aromatic N) is 3. The summed E-state index contributed by atoms with van der Waals surface area (Å²) in [6, 6.07) is 19.1. The zero-order chi connectivity index (χ0) is 22.0. The molecule has 0 aliphatic rings. The van der Waals surface area contributed by atoms with Gasteiger partial charge < -0.3 is 5.32 Å². The van der Waals surface area contributed by atoms with Crippen molar-refractivity contribution in [2.75, 3.05) is 5.32 Å². The van der Waals surface area contributed by atoms with Gasteiger partial charge in [0.15, 0.2) is 0 Å². The molecule has 4 rings (SSSR count). The first-order valence-corrected chi connectivity index (χ1v) is 10.5. The third-order valence-electron chi connectivity index (χ3n) is 5.53. The monoisotopic (exact) mass is 414 g/mol. The van der Waals surface area contributed by atoms with Gasteiger partial charge in [-0.1, -0.05) is 43.3 Å². The van der Waals surface area contributed by atoms with Crippen LogP contribution < -0.4 is 10.9 Å². The van der Waals surface area contributed by atoms with E-state index in [1.165, 1.54) is 0 Å². The second-order valence-electron chi connectivity index (χ2n) is 7.66. The van der Waals surface area contributed by atoms with Gasteiger partial charge in [0, 0.05) is 30.1 Å². The standard InChI is InChI=1S/C25H26N4O2/c1-4-19-10-8-9-13-21(19)26-22(30)14-15-28-23(31)16-17(2)24-18(3)27-29(25(24)28)20-11-6-5-7-12-20/h5-13,16H,4,14-15H2,1-3H3,(H,26,30). The van der Waals surface area contributed by atoms with Gasteiger partial charge in [-0.05, 0) is 49.6 Å². The Kier molecular flexibility index (Phi) is 5.71. The molecular formula is C25H26N4O2. The second kappa shape index (κ2) is 8.60. The molecule has 0 radical (unpaired) electrons. The van der Waals surface area contributed by atoms with Crippen molar-refractivity contribution in [2.24, 2.45) is 0 Å². The number of carbonyl (C=O) groups is 1. The molecular weight excluding hydrogens is 388 g/mol. The van der Waals surface area contributed by atoms with Crippen molar-refractivity contribution < 1.29 is 4.79 Å². The SMILES string of the molecule is CCc1ccccc1NC(=O)CCn1c(=O)cc(C)c2c(C)nn(-c3ccccc3)c21. The molecule has 6 nitrogen and oxygen atoms in total. The van der Waals surface area contributed by atoms with Gasteiger partial charge in [0.2, 0.25) is 5.91 Å². The van der Waals surface area contributed by atoms with Crippen LogP contribution in [0.3, 0.4) is 0 Å². The summed E-state index contributed by atoms with van der Waals surface area (Å²) in [5, 5.41) is 8.63. The van der Waals surface area contributed by atoms with Gasteiger partial charge in [-0.2, -0.15) is 5.10 Å². The average molecular weight is 415 g/mol. The highest BCUT2D eigenvalue weighted by molar-refractivity contribution is 5.91. The number of benzene rings is 2. The lowest BCUT2D eigenvalue weighted by molar-refractivity contribution is -0.116. The lowest BCUT2D eigenvalue weighted by Crippen LogP contribution is -2.25. The number of hydrogen-bond acceptors (Lipinski definition) is 3. The molecule has 6 heteroatoms. The minimum Gasteiger partial charge on any atom is -0.326 e. The van der Waals surface area contributed by atoms with E-state index in [1.807, 2.05) is 68.4 Å². The van der Waals surface area contributed by atoms with Crippen LogP contribution in [0, 0.1) is 13.8 Å². The topological polar surface area (TPSA) is 68.9 Å². The molecule has 0 spiro atoms.